The van der Waals surface area contributed by atoms with E-state index in [0.29, 0.717) is 19.6 Å². The smallest absolute Gasteiger partial charge is 0.223 e. The first kappa shape index (κ1) is 14.5. The minimum atomic E-state index is -0.875. The lowest BCUT2D eigenvalue weighted by atomic mass is 9.88. The minimum absolute atomic E-state index is 0.0994. The predicted molar refractivity (Wildman–Crippen MR) is 66.7 cm³/mol. The van der Waals surface area contributed by atoms with Crippen molar-refractivity contribution in [2.75, 3.05) is 20.3 Å². The normalized spacial score (nSPS) is 20.9. The van der Waals surface area contributed by atoms with Crippen LogP contribution in [0, 0.1) is 5.92 Å². The van der Waals surface area contributed by atoms with Gasteiger partial charge in [0, 0.05) is 32.6 Å². The van der Waals surface area contributed by atoms with Crippen molar-refractivity contribution in [1.82, 2.24) is 5.32 Å². The third-order valence-corrected chi connectivity index (χ3v) is 3.46. The highest BCUT2D eigenvalue weighted by Crippen LogP contribution is 2.23. The molecule has 2 N–H and O–H groups in total. The van der Waals surface area contributed by atoms with E-state index in [0.717, 1.165) is 25.7 Å². The highest BCUT2D eigenvalue weighted by molar-refractivity contribution is 5.78. The van der Waals surface area contributed by atoms with Crippen LogP contribution in [-0.4, -0.2) is 36.9 Å². The first-order valence-electron chi connectivity index (χ1n) is 6.54. The number of hydrogen-bond acceptors (Lipinski definition) is 3. The summed E-state index contributed by atoms with van der Waals surface area (Å²) in [6.07, 6.45) is 6.07. The molecule has 1 atom stereocenters. The number of carbonyl (C=O) groups is 1. The lowest BCUT2D eigenvalue weighted by Gasteiger charge is -2.26. The standard InChI is InChI=1S/C13H25NO3/c1-13(16,8-9-17-2)10-14-12(15)11-6-4-3-5-7-11/h11,16H,3-10H2,1-2H3,(H,14,15). The Hall–Kier alpha value is -0.610. The topological polar surface area (TPSA) is 58.6 Å². The van der Waals surface area contributed by atoms with Gasteiger partial charge in [-0.15, -0.1) is 0 Å². The minimum Gasteiger partial charge on any atom is -0.388 e. The second kappa shape index (κ2) is 6.97. The number of amides is 1. The van der Waals surface area contributed by atoms with E-state index in [1.54, 1.807) is 14.0 Å². The van der Waals surface area contributed by atoms with E-state index in [4.69, 9.17) is 4.74 Å². The molecule has 0 heterocycles. The Kier molecular flexibility index (Phi) is 5.92. The molecule has 4 nitrogen and oxygen atoms in total. The highest BCUT2D eigenvalue weighted by Gasteiger charge is 2.25. The fourth-order valence-electron chi connectivity index (χ4n) is 2.20. The largest absolute Gasteiger partial charge is 0.388 e. The van der Waals surface area contributed by atoms with Crippen LogP contribution < -0.4 is 5.32 Å². The van der Waals surface area contributed by atoms with Gasteiger partial charge in [0.25, 0.3) is 0 Å². The van der Waals surface area contributed by atoms with Crippen LogP contribution in [0.5, 0.6) is 0 Å². The van der Waals surface area contributed by atoms with Gasteiger partial charge in [-0.05, 0) is 19.8 Å². The molecule has 1 saturated carbocycles. The van der Waals surface area contributed by atoms with Gasteiger partial charge in [-0.1, -0.05) is 19.3 Å². The predicted octanol–water partition coefficient (Wildman–Crippen LogP) is 1.47. The van der Waals surface area contributed by atoms with Crippen molar-refractivity contribution < 1.29 is 14.6 Å². The van der Waals surface area contributed by atoms with Crippen LogP contribution in [0.3, 0.4) is 0 Å². The van der Waals surface area contributed by atoms with Gasteiger partial charge in [0.1, 0.15) is 0 Å². The molecule has 100 valence electrons. The molecule has 0 aliphatic heterocycles. The van der Waals surface area contributed by atoms with Crippen LogP contribution in [0.2, 0.25) is 0 Å². The summed E-state index contributed by atoms with van der Waals surface area (Å²) < 4.78 is 4.93. The zero-order chi connectivity index (χ0) is 12.7. The number of aliphatic hydroxyl groups is 1. The van der Waals surface area contributed by atoms with E-state index in [-0.39, 0.29) is 11.8 Å². The molecule has 0 radical (unpaired) electrons. The molecule has 1 rings (SSSR count). The van der Waals surface area contributed by atoms with Crippen molar-refractivity contribution in [1.29, 1.82) is 0 Å². The van der Waals surface area contributed by atoms with Crippen LogP contribution in [0.25, 0.3) is 0 Å². The maximum Gasteiger partial charge on any atom is 0.223 e. The summed E-state index contributed by atoms with van der Waals surface area (Å²) >= 11 is 0. The summed E-state index contributed by atoms with van der Waals surface area (Å²) in [6, 6.07) is 0. The van der Waals surface area contributed by atoms with Gasteiger partial charge in [0.15, 0.2) is 0 Å². The van der Waals surface area contributed by atoms with Gasteiger partial charge in [0.05, 0.1) is 5.60 Å². The molecule has 1 fully saturated rings. The lowest BCUT2D eigenvalue weighted by molar-refractivity contribution is -0.127. The van der Waals surface area contributed by atoms with Crippen molar-refractivity contribution in [3.8, 4) is 0 Å². The van der Waals surface area contributed by atoms with Crippen molar-refractivity contribution in [3.05, 3.63) is 0 Å². The maximum atomic E-state index is 11.9. The molecule has 0 bridgehead atoms. The van der Waals surface area contributed by atoms with E-state index in [1.807, 2.05) is 0 Å². The van der Waals surface area contributed by atoms with Gasteiger partial charge < -0.3 is 15.2 Å². The molecule has 4 heteroatoms. The van der Waals surface area contributed by atoms with Gasteiger partial charge in [-0.3, -0.25) is 4.79 Å². The van der Waals surface area contributed by atoms with Gasteiger partial charge in [0.2, 0.25) is 5.91 Å². The first-order chi connectivity index (χ1) is 8.05. The molecule has 0 aromatic heterocycles. The third-order valence-electron chi connectivity index (χ3n) is 3.46. The van der Waals surface area contributed by atoms with Crippen LogP contribution in [0.15, 0.2) is 0 Å². The molecule has 0 aromatic carbocycles. The lowest BCUT2D eigenvalue weighted by Crippen LogP contribution is -2.43. The summed E-state index contributed by atoms with van der Waals surface area (Å²) in [5, 5.41) is 12.9. The zero-order valence-electron chi connectivity index (χ0n) is 11.0. The molecule has 1 aliphatic carbocycles. The second-order valence-corrected chi connectivity index (χ2v) is 5.29. The number of methoxy groups -OCH3 is 1. The quantitative estimate of drug-likeness (QED) is 0.742. The average Bonchev–Trinajstić information content (AvgIpc) is 2.35. The summed E-state index contributed by atoms with van der Waals surface area (Å²) in [4.78, 5) is 11.9. The highest BCUT2D eigenvalue weighted by atomic mass is 16.5. The molecule has 0 saturated heterocycles. The summed E-state index contributed by atoms with van der Waals surface area (Å²) in [5.41, 5.74) is -0.875. The van der Waals surface area contributed by atoms with E-state index < -0.39 is 5.60 Å². The van der Waals surface area contributed by atoms with E-state index >= 15 is 0 Å². The first-order valence-corrected chi connectivity index (χ1v) is 6.54. The Morgan fingerprint density at radius 1 is 1.41 bits per heavy atom. The fraction of sp³-hybridized carbons (Fsp3) is 0.923. The molecular weight excluding hydrogens is 218 g/mol. The van der Waals surface area contributed by atoms with Gasteiger partial charge in [-0.25, -0.2) is 0 Å². The number of rotatable bonds is 6. The van der Waals surface area contributed by atoms with Gasteiger partial charge >= 0.3 is 0 Å². The van der Waals surface area contributed by atoms with E-state index in [2.05, 4.69) is 5.32 Å². The van der Waals surface area contributed by atoms with Crippen LogP contribution in [0.1, 0.15) is 45.4 Å². The van der Waals surface area contributed by atoms with Crippen LogP contribution in [0.4, 0.5) is 0 Å². The average molecular weight is 243 g/mol. The molecule has 17 heavy (non-hydrogen) atoms. The summed E-state index contributed by atoms with van der Waals surface area (Å²) in [5.74, 6) is 0.254. The molecule has 1 amide bonds. The number of hydrogen-bond donors (Lipinski definition) is 2. The maximum absolute atomic E-state index is 11.9. The Morgan fingerprint density at radius 3 is 2.65 bits per heavy atom. The molecule has 0 spiro atoms. The summed E-state index contributed by atoms with van der Waals surface area (Å²) in [7, 11) is 1.61. The Labute approximate surface area is 104 Å². The third kappa shape index (κ3) is 5.50. The molecule has 0 aromatic rings. The summed E-state index contributed by atoms with van der Waals surface area (Å²) in [6.45, 7) is 2.55. The van der Waals surface area contributed by atoms with E-state index in [1.165, 1.54) is 6.42 Å². The second-order valence-electron chi connectivity index (χ2n) is 5.29. The number of carbonyl (C=O) groups excluding carboxylic acids is 1. The molecule has 1 unspecified atom stereocenters. The van der Waals surface area contributed by atoms with Crippen LogP contribution >= 0.6 is 0 Å². The Balaban J connectivity index is 2.26. The number of ether oxygens (including phenoxy) is 1. The van der Waals surface area contributed by atoms with Crippen molar-refractivity contribution in [2.45, 2.75) is 51.0 Å². The van der Waals surface area contributed by atoms with Crippen molar-refractivity contribution >= 4 is 5.91 Å². The Morgan fingerprint density at radius 2 is 2.06 bits per heavy atom. The molecule has 1 aliphatic rings. The van der Waals surface area contributed by atoms with Gasteiger partial charge in [-0.2, -0.15) is 0 Å². The SMILES string of the molecule is COCCC(C)(O)CNC(=O)C1CCCCC1. The monoisotopic (exact) mass is 243 g/mol. The fourth-order valence-corrected chi connectivity index (χ4v) is 2.20. The number of nitrogens with one attached hydrogen (secondary N) is 1. The zero-order valence-corrected chi connectivity index (χ0v) is 11.0. The molecular formula is C13H25NO3. The Bertz CT molecular complexity index is 235. The van der Waals surface area contributed by atoms with E-state index in [9.17, 15) is 9.90 Å². The van der Waals surface area contributed by atoms with Crippen molar-refractivity contribution in [2.24, 2.45) is 5.92 Å². The van der Waals surface area contributed by atoms with Crippen molar-refractivity contribution in [3.63, 3.8) is 0 Å². The van der Waals surface area contributed by atoms with Crippen LogP contribution in [-0.2, 0) is 9.53 Å².